The van der Waals surface area contributed by atoms with Crippen LogP contribution in [0.1, 0.15) is 24.2 Å². The van der Waals surface area contributed by atoms with Crippen LogP contribution in [0.15, 0.2) is 24.4 Å². The van der Waals surface area contributed by atoms with Gasteiger partial charge in [-0.3, -0.25) is 4.79 Å². The molecule has 0 bridgehead atoms. The summed E-state index contributed by atoms with van der Waals surface area (Å²) in [7, 11) is 0. The monoisotopic (exact) mass is 247 g/mol. The van der Waals surface area contributed by atoms with Gasteiger partial charge >= 0.3 is 0 Å². The summed E-state index contributed by atoms with van der Waals surface area (Å²) >= 11 is 0. The standard InChI is InChI=1S/C13H17N3O2/c1-13(2,7-17)16-12(18)10-6-15-11-4-3-8(14)5-9(10)11/h3-6,15,17H,7,14H2,1-2H3,(H,16,18). The number of fused-ring (bicyclic) bond motifs is 1. The Balaban J connectivity index is 2.36. The van der Waals surface area contributed by atoms with Crippen molar-refractivity contribution in [3.63, 3.8) is 0 Å². The Kier molecular flexibility index (Phi) is 3.00. The molecule has 2 aromatic rings. The molecule has 5 nitrogen and oxygen atoms in total. The van der Waals surface area contributed by atoms with Gasteiger partial charge in [0.25, 0.3) is 5.91 Å². The number of rotatable bonds is 3. The van der Waals surface area contributed by atoms with Crippen LogP contribution >= 0.6 is 0 Å². The molecule has 0 fully saturated rings. The zero-order chi connectivity index (χ0) is 13.3. The number of benzene rings is 1. The van der Waals surface area contributed by atoms with Crippen LogP contribution in [-0.4, -0.2) is 28.1 Å². The maximum absolute atomic E-state index is 12.1. The fraction of sp³-hybridized carbons (Fsp3) is 0.308. The third kappa shape index (κ3) is 2.31. The largest absolute Gasteiger partial charge is 0.399 e. The molecule has 0 radical (unpaired) electrons. The van der Waals surface area contributed by atoms with E-state index < -0.39 is 5.54 Å². The number of H-pyrrole nitrogens is 1. The second-order valence-electron chi connectivity index (χ2n) is 5.00. The average molecular weight is 247 g/mol. The summed E-state index contributed by atoms with van der Waals surface area (Å²) in [6.07, 6.45) is 1.65. The molecule has 18 heavy (non-hydrogen) atoms. The highest BCUT2D eigenvalue weighted by molar-refractivity contribution is 6.07. The summed E-state index contributed by atoms with van der Waals surface area (Å²) in [5, 5.41) is 12.7. The van der Waals surface area contributed by atoms with Gasteiger partial charge in [0.05, 0.1) is 17.7 Å². The molecule has 5 heteroatoms. The molecule has 5 N–H and O–H groups in total. The SMILES string of the molecule is CC(C)(CO)NC(=O)c1c[nH]c2ccc(N)cc12. The van der Waals surface area contributed by atoms with E-state index in [9.17, 15) is 4.79 Å². The van der Waals surface area contributed by atoms with Crippen molar-refractivity contribution in [2.24, 2.45) is 0 Å². The average Bonchev–Trinajstić information content (AvgIpc) is 2.71. The van der Waals surface area contributed by atoms with Gasteiger partial charge in [0.15, 0.2) is 0 Å². The molecule has 1 heterocycles. The number of hydrogen-bond acceptors (Lipinski definition) is 3. The van der Waals surface area contributed by atoms with E-state index in [2.05, 4.69) is 10.3 Å². The molecule has 1 aromatic carbocycles. The van der Waals surface area contributed by atoms with Gasteiger partial charge in [0, 0.05) is 22.8 Å². The summed E-state index contributed by atoms with van der Waals surface area (Å²) in [6.45, 7) is 3.39. The van der Waals surface area contributed by atoms with E-state index in [1.165, 1.54) is 0 Å². The fourth-order valence-corrected chi connectivity index (χ4v) is 1.74. The predicted octanol–water partition coefficient (Wildman–Crippen LogP) is 1.25. The van der Waals surface area contributed by atoms with Crippen molar-refractivity contribution in [2.45, 2.75) is 19.4 Å². The predicted molar refractivity (Wildman–Crippen MR) is 71.3 cm³/mol. The quantitative estimate of drug-likeness (QED) is 0.615. The number of carbonyl (C=O) groups is 1. The fourth-order valence-electron chi connectivity index (χ4n) is 1.74. The number of nitrogen functional groups attached to an aromatic ring is 1. The van der Waals surface area contributed by atoms with Gasteiger partial charge in [-0.05, 0) is 32.0 Å². The lowest BCUT2D eigenvalue weighted by Gasteiger charge is -2.23. The lowest BCUT2D eigenvalue weighted by atomic mass is 10.1. The minimum Gasteiger partial charge on any atom is -0.399 e. The molecule has 2 rings (SSSR count). The Morgan fingerprint density at radius 3 is 2.89 bits per heavy atom. The van der Waals surface area contributed by atoms with E-state index in [4.69, 9.17) is 10.8 Å². The molecular weight excluding hydrogens is 230 g/mol. The zero-order valence-corrected chi connectivity index (χ0v) is 10.4. The second kappa shape index (κ2) is 4.34. The minimum absolute atomic E-state index is 0.122. The van der Waals surface area contributed by atoms with Gasteiger partial charge < -0.3 is 21.1 Å². The maximum atomic E-state index is 12.1. The Bertz CT molecular complexity index is 587. The molecule has 1 amide bonds. The highest BCUT2D eigenvalue weighted by Gasteiger charge is 2.21. The first kappa shape index (κ1) is 12.4. The van der Waals surface area contributed by atoms with Crippen LogP contribution in [0.3, 0.4) is 0 Å². The van der Waals surface area contributed by atoms with Crippen molar-refractivity contribution >= 4 is 22.5 Å². The van der Waals surface area contributed by atoms with Crippen LogP contribution < -0.4 is 11.1 Å². The van der Waals surface area contributed by atoms with Gasteiger partial charge in [0.1, 0.15) is 0 Å². The molecule has 0 spiro atoms. The molecule has 0 aliphatic carbocycles. The van der Waals surface area contributed by atoms with E-state index >= 15 is 0 Å². The maximum Gasteiger partial charge on any atom is 0.253 e. The lowest BCUT2D eigenvalue weighted by molar-refractivity contribution is 0.0871. The molecule has 0 saturated carbocycles. The van der Waals surface area contributed by atoms with Crippen molar-refractivity contribution in [1.29, 1.82) is 0 Å². The number of anilines is 1. The first-order valence-electron chi connectivity index (χ1n) is 5.73. The van der Waals surface area contributed by atoms with Gasteiger partial charge in [-0.2, -0.15) is 0 Å². The van der Waals surface area contributed by atoms with Crippen LogP contribution in [-0.2, 0) is 0 Å². The van der Waals surface area contributed by atoms with Crippen molar-refractivity contribution in [3.05, 3.63) is 30.0 Å². The van der Waals surface area contributed by atoms with Crippen LogP contribution in [0.2, 0.25) is 0 Å². The van der Waals surface area contributed by atoms with E-state index in [0.29, 0.717) is 11.3 Å². The highest BCUT2D eigenvalue weighted by Crippen LogP contribution is 2.21. The number of aliphatic hydroxyl groups is 1. The van der Waals surface area contributed by atoms with Gasteiger partial charge in [0.2, 0.25) is 0 Å². The van der Waals surface area contributed by atoms with Gasteiger partial charge in [-0.25, -0.2) is 0 Å². The molecular formula is C13H17N3O2. The van der Waals surface area contributed by atoms with Crippen molar-refractivity contribution in [2.75, 3.05) is 12.3 Å². The second-order valence-corrected chi connectivity index (χ2v) is 5.00. The number of aliphatic hydroxyl groups excluding tert-OH is 1. The third-order valence-corrected chi connectivity index (χ3v) is 2.80. The molecule has 0 aliphatic heterocycles. The molecule has 0 atom stereocenters. The van der Waals surface area contributed by atoms with Crippen molar-refractivity contribution in [1.82, 2.24) is 10.3 Å². The minimum atomic E-state index is -0.652. The topological polar surface area (TPSA) is 91.1 Å². The highest BCUT2D eigenvalue weighted by atomic mass is 16.3. The number of aromatic amines is 1. The summed E-state index contributed by atoms with van der Waals surface area (Å²) in [6, 6.07) is 5.36. The van der Waals surface area contributed by atoms with E-state index in [1.807, 2.05) is 6.07 Å². The number of aromatic nitrogens is 1. The summed E-state index contributed by atoms with van der Waals surface area (Å²) < 4.78 is 0. The van der Waals surface area contributed by atoms with Gasteiger partial charge in [-0.1, -0.05) is 0 Å². The molecule has 0 saturated heterocycles. The Morgan fingerprint density at radius 2 is 2.22 bits per heavy atom. The van der Waals surface area contributed by atoms with Crippen LogP contribution in [0.25, 0.3) is 10.9 Å². The summed E-state index contributed by atoms with van der Waals surface area (Å²) in [5.74, 6) is -0.231. The Hall–Kier alpha value is -2.01. The molecule has 1 aromatic heterocycles. The molecule has 0 aliphatic rings. The normalized spacial score (nSPS) is 11.7. The lowest BCUT2D eigenvalue weighted by Crippen LogP contribution is -2.46. The van der Waals surface area contributed by atoms with E-state index in [1.54, 1.807) is 32.2 Å². The third-order valence-electron chi connectivity index (χ3n) is 2.80. The van der Waals surface area contributed by atoms with E-state index in [-0.39, 0.29) is 12.5 Å². The number of nitrogens with two attached hydrogens (primary N) is 1. The van der Waals surface area contributed by atoms with Crippen LogP contribution in [0, 0.1) is 0 Å². The molecule has 0 unspecified atom stereocenters. The summed E-state index contributed by atoms with van der Waals surface area (Å²) in [4.78, 5) is 15.1. The number of amides is 1. The Labute approximate surface area is 105 Å². The first-order chi connectivity index (χ1) is 8.43. The number of hydrogen-bond donors (Lipinski definition) is 4. The first-order valence-corrected chi connectivity index (χ1v) is 5.73. The number of nitrogens with one attached hydrogen (secondary N) is 2. The Morgan fingerprint density at radius 1 is 1.50 bits per heavy atom. The van der Waals surface area contributed by atoms with Crippen LogP contribution in [0.4, 0.5) is 5.69 Å². The van der Waals surface area contributed by atoms with Crippen molar-refractivity contribution < 1.29 is 9.90 Å². The number of carbonyl (C=O) groups excluding carboxylic acids is 1. The van der Waals surface area contributed by atoms with Crippen molar-refractivity contribution in [3.8, 4) is 0 Å². The van der Waals surface area contributed by atoms with Crippen LogP contribution in [0.5, 0.6) is 0 Å². The summed E-state index contributed by atoms with van der Waals surface area (Å²) in [5.41, 5.74) is 7.06. The smallest absolute Gasteiger partial charge is 0.253 e. The molecule has 96 valence electrons. The van der Waals surface area contributed by atoms with Gasteiger partial charge in [-0.15, -0.1) is 0 Å². The zero-order valence-electron chi connectivity index (χ0n) is 10.4. The van der Waals surface area contributed by atoms with E-state index in [0.717, 1.165) is 10.9 Å².